The largest absolute Gasteiger partial charge is 0.334 e. The van der Waals surface area contributed by atoms with Crippen LogP contribution in [0.5, 0.6) is 0 Å². The number of nitrogens with zero attached hydrogens (tertiary/aromatic N) is 1. The Labute approximate surface area is 107 Å². The molecule has 0 saturated carbocycles. The Morgan fingerprint density at radius 2 is 2.35 bits per heavy atom. The van der Waals surface area contributed by atoms with E-state index in [0.717, 1.165) is 15.7 Å². The molecule has 2 rings (SSSR count). The van der Waals surface area contributed by atoms with Gasteiger partial charge in [0.05, 0.1) is 6.20 Å². The first-order valence-electron chi connectivity index (χ1n) is 5.02. The highest BCUT2D eigenvalue weighted by Crippen LogP contribution is 2.15. The van der Waals surface area contributed by atoms with Crippen molar-refractivity contribution < 1.29 is 4.79 Å². The zero-order valence-corrected chi connectivity index (χ0v) is 10.5. The van der Waals surface area contributed by atoms with Gasteiger partial charge in [0, 0.05) is 28.5 Å². The second-order valence-electron chi connectivity index (χ2n) is 3.42. The summed E-state index contributed by atoms with van der Waals surface area (Å²) in [6, 6.07) is 7.16. The Balaban J connectivity index is 1.85. The van der Waals surface area contributed by atoms with Crippen LogP contribution in [-0.2, 0) is 6.54 Å². The third kappa shape index (κ3) is 3.60. The summed E-state index contributed by atoms with van der Waals surface area (Å²) < 4.78 is 0.921. The predicted octanol–water partition coefficient (Wildman–Crippen LogP) is 2.49. The number of halogens is 1. The van der Waals surface area contributed by atoms with E-state index in [4.69, 9.17) is 0 Å². The van der Waals surface area contributed by atoms with Gasteiger partial charge in [-0.05, 0) is 18.2 Å². The van der Waals surface area contributed by atoms with Crippen LogP contribution >= 0.6 is 15.9 Å². The van der Waals surface area contributed by atoms with Crippen molar-refractivity contribution in [1.29, 1.82) is 0 Å². The van der Waals surface area contributed by atoms with Crippen molar-refractivity contribution in [3.63, 3.8) is 0 Å². The molecule has 88 valence electrons. The first-order chi connectivity index (χ1) is 8.24. The molecule has 1 heterocycles. The summed E-state index contributed by atoms with van der Waals surface area (Å²) in [4.78, 5) is 11.6. The molecule has 2 aromatic rings. The second-order valence-corrected chi connectivity index (χ2v) is 4.34. The number of hydrogen-bond donors (Lipinski definition) is 3. The van der Waals surface area contributed by atoms with E-state index >= 15 is 0 Å². The number of carbonyl (C=O) groups is 1. The molecule has 0 fully saturated rings. The Bertz CT molecular complexity index is 498. The molecule has 0 aliphatic heterocycles. The van der Waals surface area contributed by atoms with Gasteiger partial charge in [0.15, 0.2) is 0 Å². The van der Waals surface area contributed by atoms with Crippen LogP contribution < -0.4 is 10.6 Å². The van der Waals surface area contributed by atoms with Crippen LogP contribution in [0.25, 0.3) is 0 Å². The van der Waals surface area contributed by atoms with E-state index in [-0.39, 0.29) is 6.03 Å². The fourth-order valence-corrected chi connectivity index (χ4v) is 1.70. The molecule has 17 heavy (non-hydrogen) atoms. The second kappa shape index (κ2) is 5.49. The van der Waals surface area contributed by atoms with Gasteiger partial charge in [-0.15, -0.1) is 0 Å². The smallest absolute Gasteiger partial charge is 0.319 e. The Kier molecular flexibility index (Phi) is 3.77. The third-order valence-electron chi connectivity index (χ3n) is 2.09. The van der Waals surface area contributed by atoms with Gasteiger partial charge in [0.2, 0.25) is 0 Å². The van der Waals surface area contributed by atoms with Crippen molar-refractivity contribution in [2.24, 2.45) is 0 Å². The number of carbonyl (C=O) groups excluding carboxylic acids is 1. The maximum Gasteiger partial charge on any atom is 0.319 e. The summed E-state index contributed by atoms with van der Waals surface area (Å²) in [5, 5.41) is 11.9. The lowest BCUT2D eigenvalue weighted by molar-refractivity contribution is 0.251. The molecule has 0 bridgehead atoms. The van der Waals surface area contributed by atoms with Crippen LogP contribution in [0.15, 0.2) is 41.1 Å². The summed E-state index contributed by atoms with van der Waals surface area (Å²) in [5.74, 6) is 0. The van der Waals surface area contributed by atoms with E-state index in [1.807, 2.05) is 24.3 Å². The van der Waals surface area contributed by atoms with Crippen molar-refractivity contribution in [3.05, 3.63) is 46.7 Å². The molecule has 0 unspecified atom stereocenters. The monoisotopic (exact) mass is 294 g/mol. The normalized spacial score (nSPS) is 9.94. The molecule has 0 radical (unpaired) electrons. The highest BCUT2D eigenvalue weighted by molar-refractivity contribution is 9.10. The number of aromatic amines is 1. The lowest BCUT2D eigenvalue weighted by Gasteiger charge is -2.06. The summed E-state index contributed by atoms with van der Waals surface area (Å²) in [6.07, 6.45) is 3.40. The Morgan fingerprint density at radius 3 is 3.06 bits per heavy atom. The topological polar surface area (TPSA) is 69.8 Å². The van der Waals surface area contributed by atoms with Crippen LogP contribution in [0.1, 0.15) is 5.56 Å². The highest BCUT2D eigenvalue weighted by atomic mass is 79.9. The number of nitrogens with one attached hydrogen (secondary N) is 3. The van der Waals surface area contributed by atoms with Gasteiger partial charge in [-0.3, -0.25) is 5.10 Å². The van der Waals surface area contributed by atoms with Crippen LogP contribution in [0, 0.1) is 0 Å². The van der Waals surface area contributed by atoms with E-state index in [0.29, 0.717) is 6.54 Å². The van der Waals surface area contributed by atoms with Crippen LogP contribution in [-0.4, -0.2) is 16.2 Å². The molecule has 0 atom stereocenters. The summed E-state index contributed by atoms with van der Waals surface area (Å²) in [6.45, 7) is 0.441. The number of aromatic nitrogens is 2. The van der Waals surface area contributed by atoms with E-state index in [1.165, 1.54) is 0 Å². The molecular weight excluding hydrogens is 284 g/mol. The molecule has 1 aromatic carbocycles. The Hall–Kier alpha value is -1.82. The fraction of sp³-hybridized carbons (Fsp3) is 0.0909. The number of anilines is 1. The SMILES string of the molecule is O=C(NCc1cn[nH]c1)Nc1cccc(Br)c1. The summed E-state index contributed by atoms with van der Waals surface area (Å²) >= 11 is 3.34. The van der Waals surface area contributed by atoms with Crippen molar-refractivity contribution >= 4 is 27.6 Å². The minimum atomic E-state index is -0.246. The lowest BCUT2D eigenvalue weighted by atomic mass is 10.3. The minimum Gasteiger partial charge on any atom is -0.334 e. The van der Waals surface area contributed by atoms with Crippen LogP contribution in [0.3, 0.4) is 0 Å². The third-order valence-corrected chi connectivity index (χ3v) is 2.58. The fourth-order valence-electron chi connectivity index (χ4n) is 1.30. The molecule has 0 aliphatic carbocycles. The van der Waals surface area contributed by atoms with Crippen molar-refractivity contribution in [1.82, 2.24) is 15.5 Å². The van der Waals surface area contributed by atoms with E-state index in [9.17, 15) is 4.79 Å². The number of urea groups is 1. The molecule has 5 nitrogen and oxygen atoms in total. The molecule has 2 amide bonds. The zero-order valence-electron chi connectivity index (χ0n) is 8.90. The van der Waals surface area contributed by atoms with E-state index < -0.39 is 0 Å². The predicted molar refractivity (Wildman–Crippen MR) is 68.6 cm³/mol. The summed E-state index contributed by atoms with van der Waals surface area (Å²) in [7, 11) is 0. The number of H-pyrrole nitrogens is 1. The van der Waals surface area contributed by atoms with E-state index in [1.54, 1.807) is 12.4 Å². The van der Waals surface area contributed by atoms with Gasteiger partial charge in [-0.1, -0.05) is 22.0 Å². The molecule has 3 N–H and O–H groups in total. The number of hydrogen-bond acceptors (Lipinski definition) is 2. The van der Waals surface area contributed by atoms with Gasteiger partial charge in [0.1, 0.15) is 0 Å². The van der Waals surface area contributed by atoms with Crippen molar-refractivity contribution in [3.8, 4) is 0 Å². The van der Waals surface area contributed by atoms with Gasteiger partial charge in [-0.25, -0.2) is 4.79 Å². The molecule has 6 heteroatoms. The van der Waals surface area contributed by atoms with Gasteiger partial charge < -0.3 is 10.6 Å². The van der Waals surface area contributed by atoms with Gasteiger partial charge >= 0.3 is 6.03 Å². The highest BCUT2D eigenvalue weighted by Gasteiger charge is 2.02. The van der Waals surface area contributed by atoms with E-state index in [2.05, 4.69) is 36.8 Å². The average molecular weight is 295 g/mol. The molecule has 0 saturated heterocycles. The first-order valence-corrected chi connectivity index (χ1v) is 5.81. The number of rotatable bonds is 3. The van der Waals surface area contributed by atoms with Crippen LogP contribution in [0.4, 0.5) is 10.5 Å². The van der Waals surface area contributed by atoms with Crippen molar-refractivity contribution in [2.75, 3.05) is 5.32 Å². The summed E-state index contributed by atoms with van der Waals surface area (Å²) in [5.41, 5.74) is 1.67. The maximum atomic E-state index is 11.6. The number of amides is 2. The standard InChI is InChI=1S/C11H11BrN4O/c12-9-2-1-3-10(4-9)16-11(17)13-5-8-6-14-15-7-8/h1-4,6-7H,5H2,(H,14,15)(H2,13,16,17). The zero-order chi connectivity index (χ0) is 12.1. The Morgan fingerprint density at radius 1 is 1.47 bits per heavy atom. The lowest BCUT2D eigenvalue weighted by Crippen LogP contribution is -2.27. The molecule has 0 aliphatic rings. The van der Waals surface area contributed by atoms with Gasteiger partial charge in [0.25, 0.3) is 0 Å². The van der Waals surface area contributed by atoms with Crippen LogP contribution in [0.2, 0.25) is 0 Å². The van der Waals surface area contributed by atoms with Gasteiger partial charge in [-0.2, -0.15) is 5.10 Å². The number of benzene rings is 1. The molecule has 1 aromatic heterocycles. The first kappa shape index (κ1) is 11.7. The quantitative estimate of drug-likeness (QED) is 0.814. The van der Waals surface area contributed by atoms with Crippen molar-refractivity contribution in [2.45, 2.75) is 6.54 Å². The molecular formula is C11H11BrN4O. The maximum absolute atomic E-state index is 11.6. The average Bonchev–Trinajstić information content (AvgIpc) is 2.79. The minimum absolute atomic E-state index is 0.246. The molecule has 0 spiro atoms.